The lowest BCUT2D eigenvalue weighted by Crippen LogP contribution is -2.48. The second-order valence-corrected chi connectivity index (χ2v) is 10.4. The molecule has 1 aliphatic rings. The molecule has 1 amide bonds. The Balaban J connectivity index is 1.30. The summed E-state index contributed by atoms with van der Waals surface area (Å²) in [6.45, 7) is 8.53. The standard InChI is InChI=1S/C29H31F3N2O5/c1-28(2,3)21-10-8-20(9-11-21)18-38-26-19-37-22(16-24(26)35)17-33-12-14-34(15-13-33)27(36)23-6-4-5-7-25(23)39-29(30,31)32/h4-11,16,19H,12-15,17-18H2,1-3H3. The summed E-state index contributed by atoms with van der Waals surface area (Å²) in [7, 11) is 0. The van der Waals surface area contributed by atoms with Crippen LogP contribution < -0.4 is 14.9 Å². The third kappa shape index (κ3) is 7.63. The number of ether oxygens (including phenoxy) is 2. The van der Waals surface area contributed by atoms with Crippen LogP contribution in [0.5, 0.6) is 11.5 Å². The number of alkyl halides is 3. The Labute approximate surface area is 224 Å². The van der Waals surface area contributed by atoms with Crippen LogP contribution in [0.2, 0.25) is 0 Å². The summed E-state index contributed by atoms with van der Waals surface area (Å²) in [6.07, 6.45) is -3.59. The minimum absolute atomic E-state index is 0.0510. The van der Waals surface area contributed by atoms with E-state index in [9.17, 15) is 22.8 Å². The maximum absolute atomic E-state index is 12.9. The molecule has 10 heteroatoms. The Hall–Kier alpha value is -3.79. The van der Waals surface area contributed by atoms with Gasteiger partial charge >= 0.3 is 6.36 Å². The van der Waals surface area contributed by atoms with Crippen molar-refractivity contribution in [2.24, 2.45) is 0 Å². The summed E-state index contributed by atoms with van der Waals surface area (Å²) in [5, 5.41) is 0. The van der Waals surface area contributed by atoms with Crippen LogP contribution in [0.4, 0.5) is 13.2 Å². The molecule has 0 radical (unpaired) electrons. The van der Waals surface area contributed by atoms with E-state index in [1.54, 1.807) is 0 Å². The van der Waals surface area contributed by atoms with Crippen LogP contribution in [0, 0.1) is 0 Å². The number of carbonyl (C=O) groups excluding carboxylic acids is 1. The largest absolute Gasteiger partial charge is 0.573 e. The van der Waals surface area contributed by atoms with Gasteiger partial charge in [-0.25, -0.2) is 0 Å². The lowest BCUT2D eigenvalue weighted by molar-refractivity contribution is -0.274. The molecular weight excluding hydrogens is 513 g/mol. The first kappa shape index (κ1) is 28.2. The molecule has 0 unspecified atom stereocenters. The molecule has 1 aromatic heterocycles. The molecule has 0 bridgehead atoms. The zero-order chi connectivity index (χ0) is 28.2. The van der Waals surface area contributed by atoms with E-state index in [1.165, 1.54) is 41.0 Å². The summed E-state index contributed by atoms with van der Waals surface area (Å²) < 4.78 is 53.5. The summed E-state index contributed by atoms with van der Waals surface area (Å²) >= 11 is 0. The van der Waals surface area contributed by atoms with E-state index < -0.39 is 18.0 Å². The fourth-order valence-corrected chi connectivity index (χ4v) is 4.25. The van der Waals surface area contributed by atoms with E-state index in [1.807, 2.05) is 29.2 Å². The molecule has 7 nitrogen and oxygen atoms in total. The van der Waals surface area contributed by atoms with Crippen molar-refractivity contribution in [1.29, 1.82) is 0 Å². The molecule has 3 aromatic rings. The monoisotopic (exact) mass is 544 g/mol. The van der Waals surface area contributed by atoms with Crippen molar-refractivity contribution in [3.05, 3.63) is 93.5 Å². The van der Waals surface area contributed by atoms with Gasteiger partial charge in [-0.1, -0.05) is 57.2 Å². The molecule has 208 valence electrons. The predicted molar refractivity (Wildman–Crippen MR) is 139 cm³/mol. The predicted octanol–water partition coefficient (Wildman–Crippen LogP) is 5.37. The van der Waals surface area contributed by atoms with Gasteiger partial charge in [0.1, 0.15) is 24.4 Å². The number of para-hydroxylation sites is 1. The Kier molecular flexibility index (Phi) is 8.34. The van der Waals surface area contributed by atoms with Gasteiger partial charge in [-0.2, -0.15) is 0 Å². The van der Waals surface area contributed by atoms with Gasteiger partial charge in [0, 0.05) is 32.2 Å². The highest BCUT2D eigenvalue weighted by atomic mass is 19.4. The van der Waals surface area contributed by atoms with Gasteiger partial charge in [-0.3, -0.25) is 14.5 Å². The van der Waals surface area contributed by atoms with Crippen molar-refractivity contribution in [2.75, 3.05) is 26.2 Å². The Morgan fingerprint density at radius 3 is 2.23 bits per heavy atom. The molecule has 0 aliphatic carbocycles. The molecule has 1 fully saturated rings. The molecule has 39 heavy (non-hydrogen) atoms. The van der Waals surface area contributed by atoms with E-state index in [-0.39, 0.29) is 28.8 Å². The summed E-state index contributed by atoms with van der Waals surface area (Å²) in [5.74, 6) is -0.488. The summed E-state index contributed by atoms with van der Waals surface area (Å²) in [6, 6.07) is 14.7. The van der Waals surface area contributed by atoms with Crippen LogP contribution in [0.15, 0.2) is 70.1 Å². The van der Waals surface area contributed by atoms with Gasteiger partial charge < -0.3 is 18.8 Å². The number of benzene rings is 2. The number of rotatable bonds is 7. The van der Waals surface area contributed by atoms with Crippen molar-refractivity contribution >= 4 is 5.91 Å². The number of piperazine rings is 1. The molecule has 2 heterocycles. The molecule has 0 N–H and O–H groups in total. The van der Waals surface area contributed by atoms with Gasteiger partial charge in [-0.15, -0.1) is 13.2 Å². The first-order chi connectivity index (χ1) is 18.4. The normalized spacial score (nSPS) is 14.8. The lowest BCUT2D eigenvalue weighted by Gasteiger charge is -2.34. The zero-order valence-corrected chi connectivity index (χ0v) is 22.1. The molecule has 1 aliphatic heterocycles. The first-order valence-electron chi connectivity index (χ1n) is 12.6. The third-order valence-corrected chi connectivity index (χ3v) is 6.45. The molecular formula is C29H31F3N2O5. The zero-order valence-electron chi connectivity index (χ0n) is 22.1. The minimum Gasteiger partial charge on any atom is -0.482 e. The second kappa shape index (κ2) is 11.5. The van der Waals surface area contributed by atoms with Gasteiger partial charge in [0.25, 0.3) is 5.91 Å². The van der Waals surface area contributed by atoms with E-state index >= 15 is 0 Å². The van der Waals surface area contributed by atoms with E-state index in [0.29, 0.717) is 38.5 Å². The summed E-state index contributed by atoms with van der Waals surface area (Å²) in [5.41, 5.74) is 1.76. The van der Waals surface area contributed by atoms with Gasteiger partial charge in [0.05, 0.1) is 12.1 Å². The molecule has 0 atom stereocenters. The van der Waals surface area contributed by atoms with Crippen molar-refractivity contribution in [1.82, 2.24) is 9.80 Å². The van der Waals surface area contributed by atoms with Gasteiger partial charge in [0.15, 0.2) is 0 Å². The van der Waals surface area contributed by atoms with E-state index in [4.69, 9.17) is 9.15 Å². The van der Waals surface area contributed by atoms with E-state index in [2.05, 4.69) is 25.5 Å². The quantitative estimate of drug-likeness (QED) is 0.398. The topological polar surface area (TPSA) is 72.2 Å². The van der Waals surface area contributed by atoms with Crippen LogP contribution >= 0.6 is 0 Å². The maximum atomic E-state index is 12.9. The van der Waals surface area contributed by atoms with Crippen LogP contribution in [0.1, 0.15) is 48.0 Å². The number of hydrogen-bond acceptors (Lipinski definition) is 6. The molecule has 4 rings (SSSR count). The average Bonchev–Trinajstić information content (AvgIpc) is 2.87. The van der Waals surface area contributed by atoms with Crippen molar-refractivity contribution in [3.63, 3.8) is 0 Å². The number of amides is 1. The van der Waals surface area contributed by atoms with Gasteiger partial charge in [0.2, 0.25) is 11.2 Å². The van der Waals surface area contributed by atoms with Crippen molar-refractivity contribution in [2.45, 2.75) is 45.7 Å². The fraction of sp³-hybridized carbons (Fsp3) is 0.379. The number of hydrogen-bond donors (Lipinski definition) is 0. The summed E-state index contributed by atoms with van der Waals surface area (Å²) in [4.78, 5) is 28.9. The Bertz CT molecular complexity index is 1340. The van der Waals surface area contributed by atoms with Gasteiger partial charge in [-0.05, 0) is 28.7 Å². The van der Waals surface area contributed by atoms with Crippen LogP contribution in [-0.4, -0.2) is 48.2 Å². The van der Waals surface area contributed by atoms with Crippen molar-refractivity contribution in [3.8, 4) is 11.5 Å². The molecule has 0 spiro atoms. The Morgan fingerprint density at radius 2 is 1.62 bits per heavy atom. The Morgan fingerprint density at radius 1 is 0.949 bits per heavy atom. The van der Waals surface area contributed by atoms with E-state index in [0.717, 1.165) is 11.6 Å². The third-order valence-electron chi connectivity index (χ3n) is 6.45. The molecule has 0 saturated carbocycles. The minimum atomic E-state index is -4.89. The smallest absolute Gasteiger partial charge is 0.482 e. The van der Waals surface area contributed by atoms with Crippen LogP contribution in [0.3, 0.4) is 0 Å². The molecule has 1 saturated heterocycles. The number of halogens is 3. The first-order valence-corrected chi connectivity index (χ1v) is 12.6. The maximum Gasteiger partial charge on any atom is 0.573 e. The lowest BCUT2D eigenvalue weighted by atomic mass is 9.87. The number of carbonyl (C=O) groups is 1. The second-order valence-electron chi connectivity index (χ2n) is 10.4. The highest BCUT2D eigenvalue weighted by Crippen LogP contribution is 2.27. The number of nitrogens with zero attached hydrogens (tertiary/aromatic N) is 2. The highest BCUT2D eigenvalue weighted by molar-refractivity contribution is 5.97. The van der Waals surface area contributed by atoms with Crippen LogP contribution in [-0.2, 0) is 18.6 Å². The fourth-order valence-electron chi connectivity index (χ4n) is 4.25. The van der Waals surface area contributed by atoms with Crippen molar-refractivity contribution < 1.29 is 31.9 Å². The highest BCUT2D eigenvalue weighted by Gasteiger charge is 2.34. The molecule has 2 aromatic carbocycles. The van der Waals surface area contributed by atoms with Crippen LogP contribution in [0.25, 0.3) is 0 Å². The average molecular weight is 545 g/mol. The SMILES string of the molecule is CC(C)(C)c1ccc(COc2coc(CN3CCN(C(=O)c4ccccc4OC(F)(F)F)CC3)cc2=O)cc1.